The topological polar surface area (TPSA) is 30.0 Å². The van der Waals surface area contributed by atoms with E-state index in [2.05, 4.69) is 26.2 Å². The van der Waals surface area contributed by atoms with Crippen molar-refractivity contribution in [2.45, 2.75) is 57.8 Å². The molecule has 16 heavy (non-hydrogen) atoms. The van der Waals surface area contributed by atoms with Crippen LogP contribution in [0.5, 0.6) is 0 Å². The van der Waals surface area contributed by atoms with E-state index in [-0.39, 0.29) is 5.41 Å². The lowest BCUT2D eigenvalue weighted by atomic mass is 9.86. The van der Waals surface area contributed by atoms with Gasteiger partial charge in [0.05, 0.1) is 10.7 Å². The minimum atomic E-state index is 0.146. The highest BCUT2D eigenvalue weighted by Gasteiger charge is 2.24. The maximum atomic E-state index is 11.2. The second-order valence-electron chi connectivity index (χ2n) is 5.64. The highest BCUT2D eigenvalue weighted by Crippen LogP contribution is 2.34. The van der Waals surface area contributed by atoms with Crippen LogP contribution in [0.3, 0.4) is 0 Å². The molecule has 0 saturated heterocycles. The summed E-state index contributed by atoms with van der Waals surface area (Å²) in [5, 5.41) is 3.39. The summed E-state index contributed by atoms with van der Waals surface area (Å²) >= 11 is 1.75. The van der Waals surface area contributed by atoms with E-state index in [0.717, 1.165) is 25.7 Å². The van der Waals surface area contributed by atoms with Crippen molar-refractivity contribution in [1.82, 2.24) is 4.98 Å². The number of ketones is 1. The van der Waals surface area contributed by atoms with Crippen LogP contribution in [0, 0.1) is 0 Å². The first-order chi connectivity index (χ1) is 7.47. The summed E-state index contributed by atoms with van der Waals surface area (Å²) in [4.78, 5) is 15.9. The summed E-state index contributed by atoms with van der Waals surface area (Å²) < 4.78 is 0. The highest BCUT2D eigenvalue weighted by molar-refractivity contribution is 7.09. The first-order valence-corrected chi connectivity index (χ1v) is 6.82. The van der Waals surface area contributed by atoms with Crippen molar-refractivity contribution < 1.29 is 4.79 Å². The molecular weight excluding hydrogens is 218 g/mol. The summed E-state index contributed by atoms with van der Waals surface area (Å²) in [6.07, 6.45) is 3.47. The number of aromatic nitrogens is 1. The smallest absolute Gasteiger partial charge is 0.132 e. The third-order valence-electron chi connectivity index (χ3n) is 3.13. The number of hydrogen-bond donors (Lipinski definition) is 0. The molecule has 0 aliphatic heterocycles. The Balaban J connectivity index is 2.10. The van der Waals surface area contributed by atoms with Crippen molar-refractivity contribution in [3.05, 3.63) is 16.1 Å². The van der Waals surface area contributed by atoms with Crippen molar-refractivity contribution in [1.29, 1.82) is 0 Å². The fourth-order valence-electron chi connectivity index (χ4n) is 2.05. The first-order valence-electron chi connectivity index (χ1n) is 5.94. The third-order valence-corrected chi connectivity index (χ3v) is 4.41. The predicted molar refractivity (Wildman–Crippen MR) is 67.0 cm³/mol. The molecule has 0 N–H and O–H groups in total. The largest absolute Gasteiger partial charge is 0.300 e. The summed E-state index contributed by atoms with van der Waals surface area (Å²) in [5.41, 5.74) is 1.36. The number of rotatable bonds is 1. The first kappa shape index (κ1) is 11.8. The molecule has 1 heterocycles. The van der Waals surface area contributed by atoms with E-state index in [0.29, 0.717) is 11.7 Å². The molecule has 2 rings (SSSR count). The summed E-state index contributed by atoms with van der Waals surface area (Å²) in [7, 11) is 0. The number of carbonyl (C=O) groups excluding carboxylic acids is 1. The van der Waals surface area contributed by atoms with Gasteiger partial charge in [0, 0.05) is 29.6 Å². The third kappa shape index (κ3) is 2.51. The van der Waals surface area contributed by atoms with Crippen molar-refractivity contribution in [2.75, 3.05) is 0 Å². The van der Waals surface area contributed by atoms with Crippen LogP contribution in [0.4, 0.5) is 0 Å². The average molecular weight is 237 g/mol. The number of carbonyl (C=O) groups is 1. The van der Waals surface area contributed by atoms with Gasteiger partial charge in [0.15, 0.2) is 0 Å². The van der Waals surface area contributed by atoms with E-state index in [9.17, 15) is 4.79 Å². The average Bonchev–Trinajstić information content (AvgIpc) is 2.67. The van der Waals surface area contributed by atoms with Gasteiger partial charge in [0.2, 0.25) is 0 Å². The second kappa shape index (κ2) is 4.28. The Morgan fingerprint density at radius 1 is 1.31 bits per heavy atom. The molecule has 1 aromatic heterocycles. The lowest BCUT2D eigenvalue weighted by Crippen LogP contribution is -2.14. The SMILES string of the molecule is CC(C)(C)c1nc(C2CCC(=O)CC2)cs1. The fourth-order valence-corrected chi connectivity index (χ4v) is 3.04. The van der Waals surface area contributed by atoms with Crippen molar-refractivity contribution >= 4 is 17.1 Å². The highest BCUT2D eigenvalue weighted by atomic mass is 32.1. The molecule has 1 aliphatic rings. The van der Waals surface area contributed by atoms with Crippen LogP contribution >= 0.6 is 11.3 Å². The van der Waals surface area contributed by atoms with Crippen LogP contribution in [0.15, 0.2) is 5.38 Å². The quantitative estimate of drug-likeness (QED) is 0.746. The van der Waals surface area contributed by atoms with Gasteiger partial charge < -0.3 is 0 Å². The number of Topliss-reactive ketones (excluding diaryl/α,β-unsaturated/α-hetero) is 1. The molecule has 0 amide bonds. The van der Waals surface area contributed by atoms with Crippen LogP contribution in [0.25, 0.3) is 0 Å². The Bertz CT molecular complexity index is 379. The standard InChI is InChI=1S/C13H19NOS/c1-13(2,3)12-14-11(8-16-12)9-4-6-10(15)7-5-9/h8-9H,4-7H2,1-3H3. The lowest BCUT2D eigenvalue weighted by molar-refractivity contribution is -0.120. The van der Waals surface area contributed by atoms with E-state index in [1.54, 1.807) is 11.3 Å². The summed E-state index contributed by atoms with van der Waals surface area (Å²) in [5.74, 6) is 0.938. The van der Waals surface area contributed by atoms with E-state index < -0.39 is 0 Å². The van der Waals surface area contributed by atoms with E-state index in [4.69, 9.17) is 4.98 Å². The van der Waals surface area contributed by atoms with Gasteiger partial charge in [-0.3, -0.25) is 4.79 Å². The van der Waals surface area contributed by atoms with Gasteiger partial charge in [0.1, 0.15) is 5.78 Å². The van der Waals surface area contributed by atoms with Gasteiger partial charge in [-0.15, -0.1) is 11.3 Å². The Kier molecular flexibility index (Phi) is 3.15. The Labute approximate surface area is 101 Å². The van der Waals surface area contributed by atoms with Gasteiger partial charge in [-0.2, -0.15) is 0 Å². The molecule has 1 saturated carbocycles. The maximum absolute atomic E-state index is 11.2. The van der Waals surface area contributed by atoms with E-state index in [1.807, 2.05) is 0 Å². The molecule has 0 spiro atoms. The van der Waals surface area contributed by atoms with Gasteiger partial charge in [-0.05, 0) is 12.8 Å². The Hall–Kier alpha value is -0.700. The fraction of sp³-hybridized carbons (Fsp3) is 0.692. The maximum Gasteiger partial charge on any atom is 0.132 e. The molecule has 88 valence electrons. The molecule has 0 radical (unpaired) electrons. The minimum Gasteiger partial charge on any atom is -0.300 e. The lowest BCUT2D eigenvalue weighted by Gasteiger charge is -2.19. The van der Waals surface area contributed by atoms with E-state index in [1.165, 1.54) is 10.7 Å². The molecule has 0 bridgehead atoms. The Morgan fingerprint density at radius 3 is 2.44 bits per heavy atom. The van der Waals surface area contributed by atoms with Crippen LogP contribution in [0.2, 0.25) is 0 Å². The van der Waals surface area contributed by atoms with Crippen molar-refractivity contribution in [3.8, 4) is 0 Å². The minimum absolute atomic E-state index is 0.146. The van der Waals surface area contributed by atoms with Crippen molar-refractivity contribution in [3.63, 3.8) is 0 Å². The monoisotopic (exact) mass is 237 g/mol. The summed E-state index contributed by atoms with van der Waals surface area (Å²) in [6.45, 7) is 6.58. The molecule has 1 fully saturated rings. The van der Waals surface area contributed by atoms with Gasteiger partial charge in [-0.25, -0.2) is 4.98 Å². The Morgan fingerprint density at radius 2 is 1.94 bits per heavy atom. The number of thiazole rings is 1. The van der Waals surface area contributed by atoms with Crippen LogP contribution in [-0.2, 0) is 10.2 Å². The summed E-state index contributed by atoms with van der Waals surface area (Å²) in [6, 6.07) is 0. The van der Waals surface area contributed by atoms with Gasteiger partial charge >= 0.3 is 0 Å². The molecule has 0 unspecified atom stereocenters. The molecule has 3 heteroatoms. The zero-order valence-corrected chi connectivity index (χ0v) is 11.1. The zero-order chi connectivity index (χ0) is 11.8. The number of nitrogens with zero attached hydrogens (tertiary/aromatic N) is 1. The van der Waals surface area contributed by atoms with E-state index >= 15 is 0 Å². The van der Waals surface area contributed by atoms with Crippen LogP contribution < -0.4 is 0 Å². The normalized spacial score (nSPS) is 19.1. The van der Waals surface area contributed by atoms with Crippen LogP contribution in [0.1, 0.15) is 63.1 Å². The predicted octanol–water partition coefficient (Wildman–Crippen LogP) is 3.67. The van der Waals surface area contributed by atoms with Crippen LogP contribution in [-0.4, -0.2) is 10.8 Å². The van der Waals surface area contributed by atoms with Gasteiger partial charge in [-0.1, -0.05) is 20.8 Å². The molecule has 0 aromatic carbocycles. The molecule has 0 atom stereocenters. The van der Waals surface area contributed by atoms with Gasteiger partial charge in [0.25, 0.3) is 0 Å². The molecule has 1 aliphatic carbocycles. The second-order valence-corrected chi connectivity index (χ2v) is 6.50. The molecule has 2 nitrogen and oxygen atoms in total. The number of hydrogen-bond acceptors (Lipinski definition) is 3. The molecular formula is C13H19NOS. The zero-order valence-electron chi connectivity index (χ0n) is 10.2. The molecule has 1 aromatic rings. The van der Waals surface area contributed by atoms with Crippen molar-refractivity contribution in [2.24, 2.45) is 0 Å².